The summed E-state index contributed by atoms with van der Waals surface area (Å²) < 4.78 is 35.9. The third kappa shape index (κ3) is 6.08. The number of nitrogens with zero attached hydrogens (tertiary/aromatic N) is 5. The zero-order valence-electron chi connectivity index (χ0n) is 21.4. The van der Waals surface area contributed by atoms with Gasteiger partial charge in [0.1, 0.15) is 6.07 Å². The number of nitriles is 1. The molecule has 0 aliphatic rings. The molecule has 0 saturated carbocycles. The zero-order valence-corrected chi connectivity index (χ0v) is 22.2. The number of benzene rings is 2. The number of amides is 1. The number of carbonyl (C=O) groups is 1. The summed E-state index contributed by atoms with van der Waals surface area (Å²) in [4.78, 5) is 25.3. The molecule has 0 fully saturated rings. The van der Waals surface area contributed by atoms with Crippen LogP contribution < -0.4 is 15.4 Å². The molecule has 12 heteroatoms. The van der Waals surface area contributed by atoms with Crippen LogP contribution in [0.2, 0.25) is 5.02 Å². The van der Waals surface area contributed by atoms with Crippen molar-refractivity contribution in [3.8, 4) is 23.1 Å². The van der Waals surface area contributed by atoms with Crippen molar-refractivity contribution >= 4 is 34.7 Å². The van der Waals surface area contributed by atoms with Crippen LogP contribution in [0.5, 0.6) is 5.75 Å². The van der Waals surface area contributed by atoms with Crippen LogP contribution in [0.15, 0.2) is 73.4 Å². The van der Waals surface area contributed by atoms with E-state index in [0.29, 0.717) is 29.3 Å². The molecular weight excluding hydrogens is 552 g/mol. The van der Waals surface area contributed by atoms with Gasteiger partial charge in [0.15, 0.2) is 29.6 Å². The summed E-state index contributed by atoms with van der Waals surface area (Å²) in [5.41, 5.74) is 2.60. The Morgan fingerprint density at radius 3 is 2.68 bits per heavy atom. The van der Waals surface area contributed by atoms with Crippen molar-refractivity contribution in [3.63, 3.8) is 0 Å². The Hall–Kier alpha value is -5.08. The molecule has 0 spiro atoms. The number of carbonyl (C=O) groups excluding carboxylic acids is 1. The van der Waals surface area contributed by atoms with Crippen molar-refractivity contribution in [2.75, 3.05) is 18.5 Å². The molecule has 2 N–H and O–H groups in total. The molecule has 41 heavy (non-hydrogen) atoms. The number of pyridine rings is 1. The van der Waals surface area contributed by atoms with Crippen LogP contribution in [-0.4, -0.2) is 38.4 Å². The number of hydrogen-bond acceptors (Lipinski definition) is 7. The number of anilines is 2. The fraction of sp³-hybridized carbons (Fsp3) is 0.138. The van der Waals surface area contributed by atoms with Crippen LogP contribution in [0.1, 0.15) is 22.3 Å². The average Bonchev–Trinajstić information content (AvgIpc) is 3.41. The van der Waals surface area contributed by atoms with Gasteiger partial charge >= 0.3 is 0 Å². The standard InChI is InChI=1S/C29H22ClF2N7O2/c30-22-16-19(3-4-20(22)29(40)36-10-1-2-18-7-11-34-12-8-18)38-27-28-37-17-23(39(28)14-13-35-27)21-5-6-24(41-15-9-33)26(32)25(21)31/h3-8,11-14,16-17H,1-2,10,15H2,(H,35,38)(H,36,40). The lowest BCUT2D eigenvalue weighted by Crippen LogP contribution is -2.25. The van der Waals surface area contributed by atoms with E-state index in [1.54, 1.807) is 47.3 Å². The van der Waals surface area contributed by atoms with Crippen LogP contribution in [0.3, 0.4) is 0 Å². The Morgan fingerprint density at radius 2 is 1.90 bits per heavy atom. The van der Waals surface area contributed by atoms with Crippen molar-refractivity contribution in [3.05, 3.63) is 101 Å². The van der Waals surface area contributed by atoms with Gasteiger partial charge < -0.3 is 15.4 Å². The highest BCUT2D eigenvalue weighted by atomic mass is 35.5. The summed E-state index contributed by atoms with van der Waals surface area (Å²) in [6, 6.07) is 13.1. The van der Waals surface area contributed by atoms with Crippen molar-refractivity contribution < 1.29 is 18.3 Å². The molecule has 0 aliphatic carbocycles. The van der Waals surface area contributed by atoms with Gasteiger partial charge in [-0.15, -0.1) is 0 Å². The van der Waals surface area contributed by atoms with Gasteiger partial charge in [-0.1, -0.05) is 11.6 Å². The molecule has 9 nitrogen and oxygen atoms in total. The Balaban J connectivity index is 1.29. The lowest BCUT2D eigenvalue weighted by atomic mass is 10.1. The first-order valence-corrected chi connectivity index (χ1v) is 12.9. The summed E-state index contributed by atoms with van der Waals surface area (Å²) >= 11 is 6.42. The van der Waals surface area contributed by atoms with Gasteiger partial charge in [-0.25, -0.2) is 14.4 Å². The van der Waals surface area contributed by atoms with E-state index in [0.717, 1.165) is 18.4 Å². The predicted octanol–water partition coefficient (Wildman–Crippen LogP) is 5.73. The van der Waals surface area contributed by atoms with Crippen LogP contribution in [0.25, 0.3) is 16.9 Å². The number of imidazole rings is 1. The van der Waals surface area contributed by atoms with E-state index >= 15 is 0 Å². The summed E-state index contributed by atoms with van der Waals surface area (Å²) in [6.07, 6.45) is 9.50. The largest absolute Gasteiger partial charge is 0.476 e. The summed E-state index contributed by atoms with van der Waals surface area (Å²) in [5.74, 6) is -2.64. The molecule has 5 aromatic rings. The second kappa shape index (κ2) is 12.4. The van der Waals surface area contributed by atoms with Gasteiger partial charge in [0.25, 0.3) is 5.91 Å². The Bertz CT molecular complexity index is 1760. The topological polar surface area (TPSA) is 117 Å². The second-order valence-electron chi connectivity index (χ2n) is 8.83. The molecular formula is C29H22ClF2N7O2. The van der Waals surface area contributed by atoms with E-state index < -0.39 is 18.2 Å². The monoisotopic (exact) mass is 573 g/mol. The molecule has 0 aliphatic heterocycles. The Morgan fingerprint density at radius 1 is 1.07 bits per heavy atom. The van der Waals surface area contributed by atoms with E-state index in [9.17, 15) is 13.6 Å². The molecule has 0 radical (unpaired) electrons. The van der Waals surface area contributed by atoms with Crippen LogP contribution >= 0.6 is 11.6 Å². The highest BCUT2D eigenvalue weighted by molar-refractivity contribution is 6.34. The Kier molecular flexibility index (Phi) is 8.31. The number of nitrogens with one attached hydrogen (secondary N) is 2. The molecule has 1 amide bonds. The number of ether oxygens (including phenoxy) is 1. The molecule has 0 saturated heterocycles. The third-order valence-corrected chi connectivity index (χ3v) is 6.51. The van der Waals surface area contributed by atoms with E-state index in [2.05, 4.69) is 25.6 Å². The van der Waals surface area contributed by atoms with Gasteiger partial charge in [0.2, 0.25) is 5.82 Å². The first-order chi connectivity index (χ1) is 20.0. The SMILES string of the molecule is N#CCOc1ccc(-c2cnc3c(Nc4ccc(C(=O)NCCCc5ccncc5)c(Cl)c4)nccn23)c(F)c1F. The second-order valence-corrected chi connectivity index (χ2v) is 9.24. The van der Waals surface area contributed by atoms with Crippen LogP contribution in [-0.2, 0) is 6.42 Å². The molecule has 206 valence electrons. The number of aryl methyl sites for hydroxylation is 1. The molecule has 3 aromatic heterocycles. The molecule has 5 rings (SSSR count). The Labute approximate surface area is 238 Å². The molecule has 3 heterocycles. The van der Waals surface area contributed by atoms with Gasteiger partial charge in [-0.3, -0.25) is 14.2 Å². The molecule has 2 aromatic carbocycles. The first kappa shape index (κ1) is 27.5. The zero-order chi connectivity index (χ0) is 28.8. The van der Waals surface area contributed by atoms with Crippen molar-refractivity contribution in [1.82, 2.24) is 24.7 Å². The molecule has 0 bridgehead atoms. The third-order valence-electron chi connectivity index (χ3n) is 6.20. The normalized spacial score (nSPS) is 10.8. The van der Waals surface area contributed by atoms with Gasteiger partial charge in [0, 0.05) is 42.6 Å². The van der Waals surface area contributed by atoms with Crippen LogP contribution in [0, 0.1) is 23.0 Å². The van der Waals surface area contributed by atoms with Crippen molar-refractivity contribution in [1.29, 1.82) is 5.26 Å². The quantitative estimate of drug-likeness (QED) is 0.205. The minimum atomic E-state index is -1.20. The number of rotatable bonds is 10. The van der Waals surface area contributed by atoms with Crippen molar-refractivity contribution in [2.45, 2.75) is 12.8 Å². The van der Waals surface area contributed by atoms with Gasteiger partial charge in [-0.05, 0) is 60.9 Å². The smallest absolute Gasteiger partial charge is 0.252 e. The minimum absolute atomic E-state index is 0.0457. The highest BCUT2D eigenvalue weighted by Gasteiger charge is 2.20. The average molecular weight is 574 g/mol. The molecule has 0 unspecified atom stereocenters. The number of halogens is 3. The maximum absolute atomic E-state index is 14.9. The fourth-order valence-electron chi connectivity index (χ4n) is 4.21. The van der Waals surface area contributed by atoms with E-state index in [-0.39, 0.29) is 27.9 Å². The molecule has 0 atom stereocenters. The highest BCUT2D eigenvalue weighted by Crippen LogP contribution is 2.32. The maximum Gasteiger partial charge on any atom is 0.252 e. The van der Waals surface area contributed by atoms with Crippen LogP contribution in [0.4, 0.5) is 20.3 Å². The number of aromatic nitrogens is 4. The van der Waals surface area contributed by atoms with E-state index in [4.69, 9.17) is 21.6 Å². The maximum atomic E-state index is 14.9. The van der Waals surface area contributed by atoms with Crippen molar-refractivity contribution in [2.24, 2.45) is 0 Å². The number of fused-ring (bicyclic) bond motifs is 1. The lowest BCUT2D eigenvalue weighted by Gasteiger charge is -2.11. The summed E-state index contributed by atoms with van der Waals surface area (Å²) in [5, 5.41) is 14.9. The lowest BCUT2D eigenvalue weighted by molar-refractivity contribution is 0.0953. The van der Waals surface area contributed by atoms with E-state index in [1.165, 1.54) is 24.5 Å². The fourth-order valence-corrected chi connectivity index (χ4v) is 4.48. The van der Waals surface area contributed by atoms with Gasteiger partial charge in [0.05, 0.1) is 22.5 Å². The minimum Gasteiger partial charge on any atom is -0.476 e. The summed E-state index contributed by atoms with van der Waals surface area (Å²) in [6.45, 7) is 0.0838. The van der Waals surface area contributed by atoms with Gasteiger partial charge in [-0.2, -0.15) is 9.65 Å². The first-order valence-electron chi connectivity index (χ1n) is 12.5. The predicted molar refractivity (Wildman–Crippen MR) is 149 cm³/mol. The number of hydrogen-bond donors (Lipinski definition) is 2. The van der Waals surface area contributed by atoms with E-state index in [1.807, 2.05) is 12.1 Å². The summed E-state index contributed by atoms with van der Waals surface area (Å²) in [7, 11) is 0.